The molecule has 0 bridgehead atoms. The smallest absolute Gasteiger partial charge is 0.359 e. The summed E-state index contributed by atoms with van der Waals surface area (Å²) in [6, 6.07) is 5.34. The molecule has 0 spiro atoms. The van der Waals surface area contributed by atoms with Crippen LogP contribution in [-0.2, 0) is 9.53 Å². The van der Waals surface area contributed by atoms with Crippen molar-refractivity contribution >= 4 is 23.5 Å². The lowest BCUT2D eigenvalue weighted by molar-refractivity contribution is -0.124. The van der Waals surface area contributed by atoms with E-state index in [-0.39, 0.29) is 29.3 Å². The van der Waals surface area contributed by atoms with Crippen molar-refractivity contribution in [3.05, 3.63) is 40.3 Å². The molecule has 24 heavy (non-hydrogen) atoms. The van der Waals surface area contributed by atoms with E-state index in [2.05, 4.69) is 15.4 Å². The zero-order valence-electron chi connectivity index (χ0n) is 13.4. The van der Waals surface area contributed by atoms with E-state index < -0.39 is 5.97 Å². The first-order chi connectivity index (χ1) is 11.4. The SMILES string of the molecule is Cc1cc(C)n(-c2ccc(Cl)c(C(=O)OCC(=O)NC3CC3)n2)n1. The molecule has 1 aliphatic carbocycles. The summed E-state index contributed by atoms with van der Waals surface area (Å²) in [7, 11) is 0. The van der Waals surface area contributed by atoms with E-state index in [4.69, 9.17) is 16.3 Å². The molecule has 3 rings (SSSR count). The molecule has 1 amide bonds. The predicted molar refractivity (Wildman–Crippen MR) is 87.3 cm³/mol. The fourth-order valence-corrected chi connectivity index (χ4v) is 2.43. The van der Waals surface area contributed by atoms with Crippen LogP contribution in [-0.4, -0.2) is 39.3 Å². The molecule has 0 radical (unpaired) electrons. The second-order valence-electron chi connectivity index (χ2n) is 5.76. The lowest BCUT2D eigenvalue weighted by atomic mass is 10.3. The number of aromatic nitrogens is 3. The van der Waals surface area contributed by atoms with Gasteiger partial charge in [-0.15, -0.1) is 0 Å². The molecule has 0 aliphatic heterocycles. The summed E-state index contributed by atoms with van der Waals surface area (Å²) in [5, 5.41) is 7.22. The summed E-state index contributed by atoms with van der Waals surface area (Å²) in [5.74, 6) is -0.606. The highest BCUT2D eigenvalue weighted by atomic mass is 35.5. The van der Waals surface area contributed by atoms with Gasteiger partial charge in [0.2, 0.25) is 0 Å². The Morgan fingerprint density at radius 2 is 2.12 bits per heavy atom. The molecule has 2 heterocycles. The van der Waals surface area contributed by atoms with Crippen molar-refractivity contribution in [2.24, 2.45) is 0 Å². The quantitative estimate of drug-likeness (QED) is 0.835. The molecule has 1 aliphatic rings. The molecule has 0 aromatic carbocycles. The van der Waals surface area contributed by atoms with Gasteiger partial charge in [-0.3, -0.25) is 4.79 Å². The fraction of sp³-hybridized carbons (Fsp3) is 0.375. The van der Waals surface area contributed by atoms with Crippen molar-refractivity contribution in [2.75, 3.05) is 6.61 Å². The Morgan fingerprint density at radius 1 is 1.38 bits per heavy atom. The van der Waals surface area contributed by atoms with Crippen LogP contribution in [0.25, 0.3) is 5.82 Å². The van der Waals surface area contributed by atoms with Crippen LogP contribution in [0.4, 0.5) is 0 Å². The molecule has 2 aromatic rings. The first kappa shape index (κ1) is 16.4. The summed E-state index contributed by atoms with van der Waals surface area (Å²) in [4.78, 5) is 28.0. The lowest BCUT2D eigenvalue weighted by Crippen LogP contribution is -2.30. The van der Waals surface area contributed by atoms with Crippen LogP contribution in [0.1, 0.15) is 34.7 Å². The number of nitrogens with zero attached hydrogens (tertiary/aromatic N) is 3. The van der Waals surface area contributed by atoms with Crippen molar-refractivity contribution in [1.29, 1.82) is 0 Å². The number of rotatable bonds is 5. The average molecular weight is 349 g/mol. The number of halogens is 1. The molecule has 126 valence electrons. The molecular weight excluding hydrogens is 332 g/mol. The van der Waals surface area contributed by atoms with Gasteiger partial charge in [-0.25, -0.2) is 14.5 Å². The number of carbonyl (C=O) groups is 2. The number of pyridine rings is 1. The van der Waals surface area contributed by atoms with Gasteiger partial charge in [-0.05, 0) is 44.9 Å². The number of hydrogen-bond acceptors (Lipinski definition) is 5. The number of esters is 1. The average Bonchev–Trinajstić information content (AvgIpc) is 3.28. The largest absolute Gasteiger partial charge is 0.451 e. The summed E-state index contributed by atoms with van der Waals surface area (Å²) in [5.41, 5.74) is 1.68. The van der Waals surface area contributed by atoms with Crippen LogP contribution in [0.2, 0.25) is 5.02 Å². The van der Waals surface area contributed by atoms with E-state index in [1.165, 1.54) is 0 Å². The number of aryl methyl sites for hydroxylation is 2. The van der Waals surface area contributed by atoms with Crippen molar-refractivity contribution in [3.63, 3.8) is 0 Å². The molecule has 8 heteroatoms. The van der Waals surface area contributed by atoms with E-state index >= 15 is 0 Å². The number of amides is 1. The topological polar surface area (TPSA) is 86.1 Å². The summed E-state index contributed by atoms with van der Waals surface area (Å²) < 4.78 is 6.61. The Morgan fingerprint density at radius 3 is 2.75 bits per heavy atom. The fourth-order valence-electron chi connectivity index (χ4n) is 2.25. The maximum Gasteiger partial charge on any atom is 0.359 e. The van der Waals surface area contributed by atoms with Gasteiger partial charge >= 0.3 is 5.97 Å². The zero-order chi connectivity index (χ0) is 17.3. The Kier molecular flexibility index (Phi) is 4.53. The van der Waals surface area contributed by atoms with Crippen LogP contribution < -0.4 is 5.32 Å². The maximum absolute atomic E-state index is 12.2. The van der Waals surface area contributed by atoms with Crippen LogP contribution in [0.5, 0.6) is 0 Å². The van der Waals surface area contributed by atoms with Crippen molar-refractivity contribution in [2.45, 2.75) is 32.7 Å². The Bertz CT molecular complexity index is 799. The van der Waals surface area contributed by atoms with Gasteiger partial charge in [-0.1, -0.05) is 11.6 Å². The minimum absolute atomic E-state index is 0.0408. The van der Waals surface area contributed by atoms with E-state index in [1.54, 1.807) is 16.8 Å². The first-order valence-corrected chi connectivity index (χ1v) is 7.98. The Labute approximate surface area is 144 Å². The molecule has 0 unspecified atom stereocenters. The monoisotopic (exact) mass is 348 g/mol. The van der Waals surface area contributed by atoms with Crippen LogP contribution in [0, 0.1) is 13.8 Å². The van der Waals surface area contributed by atoms with Gasteiger partial charge < -0.3 is 10.1 Å². The molecule has 2 aromatic heterocycles. The number of ether oxygens (including phenoxy) is 1. The maximum atomic E-state index is 12.2. The number of hydrogen-bond donors (Lipinski definition) is 1. The van der Waals surface area contributed by atoms with Gasteiger partial charge in [0.1, 0.15) is 0 Å². The van der Waals surface area contributed by atoms with E-state index in [0.717, 1.165) is 24.2 Å². The zero-order valence-corrected chi connectivity index (χ0v) is 14.1. The van der Waals surface area contributed by atoms with E-state index in [1.807, 2.05) is 19.9 Å². The van der Waals surface area contributed by atoms with E-state index in [9.17, 15) is 9.59 Å². The molecule has 1 N–H and O–H groups in total. The van der Waals surface area contributed by atoms with Crippen molar-refractivity contribution in [3.8, 4) is 5.82 Å². The molecule has 1 fully saturated rings. The second-order valence-corrected chi connectivity index (χ2v) is 6.16. The normalized spacial score (nSPS) is 13.6. The van der Waals surface area contributed by atoms with Crippen LogP contribution in [0.3, 0.4) is 0 Å². The van der Waals surface area contributed by atoms with Gasteiger partial charge in [0.15, 0.2) is 18.1 Å². The predicted octanol–water partition coefficient (Wildman–Crippen LogP) is 1.97. The highest BCUT2D eigenvalue weighted by molar-refractivity contribution is 6.33. The third-order valence-electron chi connectivity index (χ3n) is 3.53. The summed E-state index contributed by atoms with van der Waals surface area (Å²) in [6.45, 7) is 3.40. The molecule has 0 saturated heterocycles. The highest BCUT2D eigenvalue weighted by Gasteiger charge is 2.24. The molecule has 1 saturated carbocycles. The van der Waals surface area contributed by atoms with Gasteiger partial charge in [0.05, 0.1) is 10.7 Å². The van der Waals surface area contributed by atoms with Crippen molar-refractivity contribution < 1.29 is 14.3 Å². The van der Waals surface area contributed by atoms with Gasteiger partial charge in [-0.2, -0.15) is 5.10 Å². The summed E-state index contributed by atoms with van der Waals surface area (Å²) in [6.07, 6.45) is 1.94. The number of carbonyl (C=O) groups excluding carboxylic acids is 2. The van der Waals surface area contributed by atoms with Crippen molar-refractivity contribution in [1.82, 2.24) is 20.1 Å². The van der Waals surface area contributed by atoms with Crippen LogP contribution in [0.15, 0.2) is 18.2 Å². The standard InChI is InChI=1S/C16H17ClN4O3/c1-9-7-10(2)21(20-9)13-6-5-12(17)15(19-13)16(23)24-8-14(22)18-11-3-4-11/h5-7,11H,3-4,8H2,1-2H3,(H,18,22). The van der Waals surface area contributed by atoms with E-state index in [0.29, 0.717) is 5.82 Å². The second kappa shape index (κ2) is 6.60. The van der Waals surface area contributed by atoms with Gasteiger partial charge in [0.25, 0.3) is 5.91 Å². The Hall–Kier alpha value is -2.41. The molecule has 7 nitrogen and oxygen atoms in total. The third kappa shape index (κ3) is 3.73. The lowest BCUT2D eigenvalue weighted by Gasteiger charge is -2.09. The highest BCUT2D eigenvalue weighted by Crippen LogP contribution is 2.19. The first-order valence-electron chi connectivity index (χ1n) is 7.60. The van der Waals surface area contributed by atoms with Crippen LogP contribution >= 0.6 is 11.6 Å². The minimum Gasteiger partial charge on any atom is -0.451 e. The minimum atomic E-state index is -0.741. The third-order valence-corrected chi connectivity index (χ3v) is 3.83. The Balaban J connectivity index is 1.74. The number of nitrogens with one attached hydrogen (secondary N) is 1. The molecular formula is C16H17ClN4O3. The molecule has 0 atom stereocenters. The van der Waals surface area contributed by atoms with Gasteiger partial charge in [0, 0.05) is 11.7 Å². The summed E-state index contributed by atoms with van der Waals surface area (Å²) >= 11 is 6.04.